The first-order valence-electron chi connectivity index (χ1n) is 3.50. The van der Waals surface area contributed by atoms with E-state index < -0.39 is 0 Å². The molecule has 1 N–H and O–H groups in total. The Hall–Kier alpha value is 0.270. The zero-order valence-electron chi connectivity index (χ0n) is 7.02. The Bertz CT molecular complexity index is 70.6. The summed E-state index contributed by atoms with van der Waals surface area (Å²) in [5, 5.41) is 3.20. The first-order valence-corrected chi connectivity index (χ1v) is 4.89. The van der Waals surface area contributed by atoms with Gasteiger partial charge >= 0.3 is 0 Å². The van der Waals surface area contributed by atoms with E-state index in [0.717, 1.165) is 6.61 Å². The summed E-state index contributed by atoms with van der Waals surface area (Å²) < 4.78 is 5.02. The number of hydrogen-bond donors (Lipinski definition) is 1. The normalized spacial score (nSPS) is 13.5. The monoisotopic (exact) mass is 163 g/mol. The van der Waals surface area contributed by atoms with Gasteiger partial charge in [0.2, 0.25) is 0 Å². The molecule has 3 heteroatoms. The number of nitrogens with one attached hydrogen (secondary N) is 1. The van der Waals surface area contributed by atoms with Crippen molar-refractivity contribution in [3.8, 4) is 0 Å². The van der Waals surface area contributed by atoms with Crippen LogP contribution in [-0.2, 0) is 4.74 Å². The maximum Gasteiger partial charge on any atom is 0.0616 e. The molecule has 0 spiro atoms. The van der Waals surface area contributed by atoms with Crippen LogP contribution in [0.15, 0.2) is 0 Å². The molecule has 62 valence electrons. The number of likely N-dealkylation sites (N-methyl/N-ethyl adjacent to an activating group) is 1. The standard InChI is InChI=1S/C7H17NOS/c1-8-7(6-9-2)4-5-10-3/h7-8H,4-6H2,1-3H3. The number of ether oxygens (including phenoxy) is 1. The van der Waals surface area contributed by atoms with E-state index in [0.29, 0.717) is 6.04 Å². The van der Waals surface area contributed by atoms with Gasteiger partial charge in [0.05, 0.1) is 6.61 Å². The van der Waals surface area contributed by atoms with Gasteiger partial charge in [0.1, 0.15) is 0 Å². The van der Waals surface area contributed by atoms with E-state index in [2.05, 4.69) is 11.6 Å². The van der Waals surface area contributed by atoms with Gasteiger partial charge in [0, 0.05) is 13.2 Å². The molecular formula is C7H17NOS. The smallest absolute Gasteiger partial charge is 0.0616 e. The number of methoxy groups -OCH3 is 1. The summed E-state index contributed by atoms with van der Waals surface area (Å²) in [5.41, 5.74) is 0. The highest BCUT2D eigenvalue weighted by molar-refractivity contribution is 7.98. The van der Waals surface area contributed by atoms with Crippen LogP contribution < -0.4 is 5.32 Å². The van der Waals surface area contributed by atoms with Crippen LogP contribution in [0.25, 0.3) is 0 Å². The zero-order chi connectivity index (χ0) is 7.82. The molecule has 0 aromatic heterocycles. The van der Waals surface area contributed by atoms with Gasteiger partial charge in [0.15, 0.2) is 0 Å². The van der Waals surface area contributed by atoms with Crippen molar-refractivity contribution < 1.29 is 4.74 Å². The number of rotatable bonds is 6. The Morgan fingerprint density at radius 1 is 1.60 bits per heavy atom. The molecule has 0 fully saturated rings. The lowest BCUT2D eigenvalue weighted by Crippen LogP contribution is -2.30. The fraction of sp³-hybridized carbons (Fsp3) is 1.00. The lowest BCUT2D eigenvalue weighted by atomic mass is 10.2. The van der Waals surface area contributed by atoms with Gasteiger partial charge in [-0.15, -0.1) is 0 Å². The molecular weight excluding hydrogens is 146 g/mol. The van der Waals surface area contributed by atoms with Crippen molar-refractivity contribution in [3.63, 3.8) is 0 Å². The third-order valence-electron chi connectivity index (χ3n) is 1.45. The van der Waals surface area contributed by atoms with Crippen molar-refractivity contribution in [1.82, 2.24) is 5.32 Å². The van der Waals surface area contributed by atoms with Crippen LogP contribution >= 0.6 is 11.8 Å². The van der Waals surface area contributed by atoms with Crippen molar-refractivity contribution >= 4 is 11.8 Å². The molecule has 0 radical (unpaired) electrons. The van der Waals surface area contributed by atoms with Gasteiger partial charge < -0.3 is 10.1 Å². The van der Waals surface area contributed by atoms with Crippen LogP contribution in [0.3, 0.4) is 0 Å². The van der Waals surface area contributed by atoms with E-state index in [1.807, 2.05) is 18.8 Å². The SMILES string of the molecule is CNC(CCSC)COC. The molecule has 0 aromatic carbocycles. The highest BCUT2D eigenvalue weighted by Crippen LogP contribution is 1.99. The Kier molecular flexibility index (Phi) is 7.58. The maximum absolute atomic E-state index is 5.02. The van der Waals surface area contributed by atoms with Crippen LogP contribution in [0, 0.1) is 0 Å². The molecule has 1 atom stereocenters. The van der Waals surface area contributed by atoms with E-state index >= 15 is 0 Å². The summed E-state index contributed by atoms with van der Waals surface area (Å²) in [4.78, 5) is 0. The van der Waals surface area contributed by atoms with Gasteiger partial charge in [-0.3, -0.25) is 0 Å². The Morgan fingerprint density at radius 3 is 2.70 bits per heavy atom. The summed E-state index contributed by atoms with van der Waals surface area (Å²) in [6.45, 7) is 0.817. The Balaban J connectivity index is 3.21. The third-order valence-corrected chi connectivity index (χ3v) is 2.09. The van der Waals surface area contributed by atoms with Crippen molar-refractivity contribution in [2.75, 3.05) is 32.8 Å². The summed E-state index contributed by atoms with van der Waals surface area (Å²) in [6.07, 6.45) is 3.31. The van der Waals surface area contributed by atoms with Gasteiger partial charge in [-0.1, -0.05) is 0 Å². The van der Waals surface area contributed by atoms with Crippen molar-refractivity contribution in [3.05, 3.63) is 0 Å². The number of thioether (sulfide) groups is 1. The average Bonchev–Trinajstić information content (AvgIpc) is 1.98. The molecule has 10 heavy (non-hydrogen) atoms. The molecule has 0 bridgehead atoms. The Morgan fingerprint density at radius 2 is 2.30 bits per heavy atom. The summed E-state index contributed by atoms with van der Waals surface area (Å²) in [6, 6.07) is 0.525. The molecule has 0 aliphatic heterocycles. The second kappa shape index (κ2) is 7.38. The highest BCUT2D eigenvalue weighted by atomic mass is 32.2. The van der Waals surface area contributed by atoms with Gasteiger partial charge in [-0.05, 0) is 25.5 Å². The van der Waals surface area contributed by atoms with Crippen LogP contribution in [0.1, 0.15) is 6.42 Å². The summed E-state index contributed by atoms with van der Waals surface area (Å²) in [5.74, 6) is 1.20. The van der Waals surface area contributed by atoms with Crippen molar-refractivity contribution in [1.29, 1.82) is 0 Å². The fourth-order valence-electron chi connectivity index (χ4n) is 0.772. The highest BCUT2D eigenvalue weighted by Gasteiger charge is 2.02. The molecule has 0 aromatic rings. The first kappa shape index (κ1) is 10.3. The minimum Gasteiger partial charge on any atom is -0.383 e. The van der Waals surface area contributed by atoms with Crippen LogP contribution in [0.4, 0.5) is 0 Å². The minimum atomic E-state index is 0.525. The van der Waals surface area contributed by atoms with E-state index in [1.165, 1.54) is 12.2 Å². The van der Waals surface area contributed by atoms with Crippen molar-refractivity contribution in [2.24, 2.45) is 0 Å². The van der Waals surface area contributed by atoms with Crippen molar-refractivity contribution in [2.45, 2.75) is 12.5 Å². The predicted molar refractivity (Wildman–Crippen MR) is 47.7 cm³/mol. The predicted octanol–water partition coefficient (Wildman–Crippen LogP) is 0.974. The topological polar surface area (TPSA) is 21.3 Å². The summed E-state index contributed by atoms with van der Waals surface area (Å²) in [7, 11) is 3.72. The molecule has 0 rings (SSSR count). The molecule has 2 nitrogen and oxygen atoms in total. The number of hydrogen-bond acceptors (Lipinski definition) is 3. The van der Waals surface area contributed by atoms with Crippen LogP contribution in [-0.4, -0.2) is 38.8 Å². The van der Waals surface area contributed by atoms with Gasteiger partial charge in [-0.25, -0.2) is 0 Å². The quantitative estimate of drug-likeness (QED) is 0.630. The minimum absolute atomic E-state index is 0.525. The maximum atomic E-state index is 5.02. The second-order valence-corrected chi connectivity index (χ2v) is 3.21. The van der Waals surface area contributed by atoms with Gasteiger partial charge in [-0.2, -0.15) is 11.8 Å². The average molecular weight is 163 g/mol. The molecule has 0 heterocycles. The summed E-state index contributed by atoms with van der Waals surface area (Å²) >= 11 is 1.88. The van der Waals surface area contributed by atoms with E-state index in [1.54, 1.807) is 7.11 Å². The molecule has 0 aliphatic carbocycles. The lowest BCUT2D eigenvalue weighted by Gasteiger charge is -2.13. The third kappa shape index (κ3) is 5.09. The molecule has 0 saturated carbocycles. The van der Waals surface area contributed by atoms with E-state index in [-0.39, 0.29) is 0 Å². The zero-order valence-corrected chi connectivity index (χ0v) is 7.83. The van der Waals surface area contributed by atoms with Crippen LogP contribution in [0.2, 0.25) is 0 Å². The lowest BCUT2D eigenvalue weighted by molar-refractivity contribution is 0.168. The second-order valence-electron chi connectivity index (χ2n) is 2.22. The molecule has 0 saturated heterocycles. The van der Waals surface area contributed by atoms with E-state index in [4.69, 9.17) is 4.74 Å². The first-order chi connectivity index (χ1) is 4.85. The largest absolute Gasteiger partial charge is 0.383 e. The van der Waals surface area contributed by atoms with E-state index in [9.17, 15) is 0 Å². The molecule has 0 aliphatic rings. The fourth-order valence-corrected chi connectivity index (χ4v) is 1.29. The molecule has 0 amide bonds. The molecule has 1 unspecified atom stereocenters. The van der Waals surface area contributed by atoms with Crippen LogP contribution in [0.5, 0.6) is 0 Å². The van der Waals surface area contributed by atoms with Gasteiger partial charge in [0.25, 0.3) is 0 Å². The Labute approximate surface area is 67.7 Å².